The van der Waals surface area contributed by atoms with E-state index in [2.05, 4.69) is 13.8 Å². The van der Waals surface area contributed by atoms with Crippen molar-refractivity contribution in [3.8, 4) is 0 Å². The number of rotatable bonds is 1. The minimum Gasteiger partial charge on any atom is -0.341 e. The zero-order valence-electron chi connectivity index (χ0n) is 9.78. The standard InChI is InChI=1S/C12H22N2O/c1-8-4-3-5-10(8)12(15)14-6-9(2)11(13)7-14/h8-11H,3-7,13H2,1-2H3. The number of carbonyl (C=O) groups excluding carboxylic acids is 1. The molecule has 1 heterocycles. The Kier molecular flexibility index (Phi) is 3.01. The molecule has 1 aliphatic heterocycles. The number of carbonyl (C=O) groups is 1. The van der Waals surface area contributed by atoms with E-state index in [1.807, 2.05) is 4.90 Å². The molecule has 0 aromatic carbocycles. The van der Waals surface area contributed by atoms with Gasteiger partial charge in [0.1, 0.15) is 0 Å². The van der Waals surface area contributed by atoms with Crippen LogP contribution in [-0.2, 0) is 4.79 Å². The van der Waals surface area contributed by atoms with E-state index in [1.54, 1.807) is 0 Å². The first-order valence-electron chi connectivity index (χ1n) is 6.14. The molecular formula is C12H22N2O. The van der Waals surface area contributed by atoms with Crippen LogP contribution in [0.25, 0.3) is 0 Å². The van der Waals surface area contributed by atoms with Gasteiger partial charge in [-0.2, -0.15) is 0 Å². The maximum atomic E-state index is 12.2. The van der Waals surface area contributed by atoms with E-state index in [9.17, 15) is 4.79 Å². The molecule has 0 bridgehead atoms. The molecule has 0 spiro atoms. The molecule has 4 unspecified atom stereocenters. The lowest BCUT2D eigenvalue weighted by Crippen LogP contribution is -2.37. The lowest BCUT2D eigenvalue weighted by atomic mass is 9.97. The summed E-state index contributed by atoms with van der Waals surface area (Å²) in [5.74, 6) is 1.68. The molecule has 0 radical (unpaired) electrons. The summed E-state index contributed by atoms with van der Waals surface area (Å²) in [6, 6.07) is 0.186. The highest BCUT2D eigenvalue weighted by Gasteiger charge is 2.37. The van der Waals surface area contributed by atoms with Crippen molar-refractivity contribution in [3.05, 3.63) is 0 Å². The Balaban J connectivity index is 1.97. The van der Waals surface area contributed by atoms with Gasteiger partial charge < -0.3 is 10.6 Å². The number of hydrogen-bond donors (Lipinski definition) is 1. The van der Waals surface area contributed by atoms with E-state index in [0.29, 0.717) is 17.7 Å². The fourth-order valence-electron chi connectivity index (χ4n) is 2.92. The van der Waals surface area contributed by atoms with Gasteiger partial charge in [-0.15, -0.1) is 0 Å². The van der Waals surface area contributed by atoms with Gasteiger partial charge in [0.2, 0.25) is 5.91 Å². The van der Waals surface area contributed by atoms with Gasteiger partial charge >= 0.3 is 0 Å². The maximum Gasteiger partial charge on any atom is 0.226 e. The third kappa shape index (κ3) is 2.03. The van der Waals surface area contributed by atoms with Crippen molar-refractivity contribution < 1.29 is 4.79 Å². The summed E-state index contributed by atoms with van der Waals surface area (Å²) in [5, 5.41) is 0. The molecule has 1 saturated carbocycles. The fourth-order valence-corrected chi connectivity index (χ4v) is 2.92. The molecule has 1 aliphatic carbocycles. The smallest absolute Gasteiger partial charge is 0.226 e. The Morgan fingerprint density at radius 1 is 1.20 bits per heavy atom. The van der Waals surface area contributed by atoms with Gasteiger partial charge in [0.15, 0.2) is 0 Å². The Hall–Kier alpha value is -0.570. The minimum atomic E-state index is 0.186. The number of nitrogens with two attached hydrogens (primary N) is 1. The van der Waals surface area contributed by atoms with Crippen LogP contribution in [0.5, 0.6) is 0 Å². The molecule has 15 heavy (non-hydrogen) atoms. The van der Waals surface area contributed by atoms with Gasteiger partial charge in [0.05, 0.1) is 0 Å². The summed E-state index contributed by atoms with van der Waals surface area (Å²) >= 11 is 0. The Morgan fingerprint density at radius 2 is 1.93 bits per heavy atom. The highest BCUT2D eigenvalue weighted by atomic mass is 16.2. The molecule has 2 N–H and O–H groups in total. The third-order valence-electron chi connectivity index (χ3n) is 4.16. The zero-order valence-corrected chi connectivity index (χ0v) is 9.78. The summed E-state index contributed by atoms with van der Waals surface area (Å²) in [5.41, 5.74) is 5.95. The van der Waals surface area contributed by atoms with Crippen molar-refractivity contribution in [1.82, 2.24) is 4.90 Å². The van der Waals surface area contributed by atoms with Crippen molar-refractivity contribution in [2.45, 2.75) is 39.2 Å². The van der Waals surface area contributed by atoms with Gasteiger partial charge in [0, 0.05) is 25.0 Å². The molecule has 0 aromatic heterocycles. The van der Waals surface area contributed by atoms with Crippen LogP contribution in [-0.4, -0.2) is 29.9 Å². The van der Waals surface area contributed by atoms with Gasteiger partial charge in [-0.3, -0.25) is 4.79 Å². The Bertz CT molecular complexity index is 244. The minimum absolute atomic E-state index is 0.186. The molecule has 3 nitrogen and oxygen atoms in total. The summed E-state index contributed by atoms with van der Waals surface area (Å²) in [6.07, 6.45) is 3.51. The Morgan fingerprint density at radius 3 is 2.40 bits per heavy atom. The van der Waals surface area contributed by atoms with Crippen molar-refractivity contribution >= 4 is 5.91 Å². The number of likely N-dealkylation sites (tertiary alicyclic amines) is 1. The second-order valence-electron chi connectivity index (χ2n) is 5.40. The second kappa shape index (κ2) is 4.12. The van der Waals surface area contributed by atoms with Crippen molar-refractivity contribution in [2.75, 3.05) is 13.1 Å². The van der Waals surface area contributed by atoms with E-state index in [1.165, 1.54) is 12.8 Å². The van der Waals surface area contributed by atoms with Crippen molar-refractivity contribution in [2.24, 2.45) is 23.5 Å². The van der Waals surface area contributed by atoms with Gasteiger partial charge in [-0.1, -0.05) is 20.3 Å². The molecule has 2 fully saturated rings. The SMILES string of the molecule is CC1CN(C(=O)C2CCCC2C)CC1N. The van der Waals surface area contributed by atoms with Crippen molar-refractivity contribution in [3.63, 3.8) is 0 Å². The summed E-state index contributed by atoms with van der Waals surface area (Å²) in [6.45, 7) is 5.97. The van der Waals surface area contributed by atoms with Crippen LogP contribution in [0.15, 0.2) is 0 Å². The van der Waals surface area contributed by atoms with Gasteiger partial charge in [-0.25, -0.2) is 0 Å². The molecule has 86 valence electrons. The van der Waals surface area contributed by atoms with E-state index in [4.69, 9.17) is 5.73 Å². The van der Waals surface area contributed by atoms with Crippen molar-refractivity contribution in [1.29, 1.82) is 0 Å². The lowest BCUT2D eigenvalue weighted by molar-refractivity contribution is -0.135. The average Bonchev–Trinajstić information content (AvgIpc) is 2.74. The largest absolute Gasteiger partial charge is 0.341 e. The van der Waals surface area contributed by atoms with Crippen LogP contribution in [0.4, 0.5) is 0 Å². The highest BCUT2D eigenvalue weighted by Crippen LogP contribution is 2.33. The van der Waals surface area contributed by atoms with Crippen LogP contribution >= 0.6 is 0 Å². The first-order chi connectivity index (χ1) is 7.09. The second-order valence-corrected chi connectivity index (χ2v) is 5.40. The van der Waals surface area contributed by atoms with Crippen LogP contribution in [0.1, 0.15) is 33.1 Å². The van der Waals surface area contributed by atoms with E-state index in [0.717, 1.165) is 19.5 Å². The lowest BCUT2D eigenvalue weighted by Gasteiger charge is -2.22. The van der Waals surface area contributed by atoms with E-state index >= 15 is 0 Å². The highest BCUT2D eigenvalue weighted by molar-refractivity contribution is 5.79. The first kappa shape index (κ1) is 10.9. The van der Waals surface area contributed by atoms with Gasteiger partial charge in [0.25, 0.3) is 0 Å². The molecule has 0 aromatic rings. The van der Waals surface area contributed by atoms with Crippen LogP contribution < -0.4 is 5.73 Å². The fraction of sp³-hybridized carbons (Fsp3) is 0.917. The number of amides is 1. The van der Waals surface area contributed by atoms with Crippen LogP contribution in [0.3, 0.4) is 0 Å². The molecule has 3 heteroatoms. The van der Waals surface area contributed by atoms with E-state index in [-0.39, 0.29) is 12.0 Å². The predicted octanol–water partition coefficient (Wildman–Crippen LogP) is 1.23. The maximum absolute atomic E-state index is 12.2. The molecular weight excluding hydrogens is 188 g/mol. The summed E-state index contributed by atoms with van der Waals surface area (Å²) in [4.78, 5) is 14.2. The molecule has 4 atom stereocenters. The monoisotopic (exact) mass is 210 g/mol. The summed E-state index contributed by atoms with van der Waals surface area (Å²) < 4.78 is 0. The van der Waals surface area contributed by atoms with E-state index < -0.39 is 0 Å². The van der Waals surface area contributed by atoms with Gasteiger partial charge in [-0.05, 0) is 24.7 Å². The Labute approximate surface area is 92.0 Å². The molecule has 2 rings (SSSR count). The van der Waals surface area contributed by atoms with Crippen LogP contribution in [0, 0.1) is 17.8 Å². The third-order valence-corrected chi connectivity index (χ3v) is 4.16. The average molecular weight is 210 g/mol. The first-order valence-corrected chi connectivity index (χ1v) is 6.14. The predicted molar refractivity (Wildman–Crippen MR) is 60.2 cm³/mol. The number of hydrogen-bond acceptors (Lipinski definition) is 2. The normalized spacial score (nSPS) is 41.1. The summed E-state index contributed by atoms with van der Waals surface area (Å²) in [7, 11) is 0. The molecule has 1 saturated heterocycles. The number of nitrogens with zero attached hydrogens (tertiary/aromatic N) is 1. The molecule has 2 aliphatic rings. The van der Waals surface area contributed by atoms with Crippen LogP contribution in [0.2, 0.25) is 0 Å². The topological polar surface area (TPSA) is 46.3 Å². The quantitative estimate of drug-likeness (QED) is 0.707. The molecule has 1 amide bonds. The zero-order chi connectivity index (χ0) is 11.0.